The van der Waals surface area contributed by atoms with E-state index in [4.69, 9.17) is 9.47 Å². The molecule has 5 atom stereocenters. The monoisotopic (exact) mass is 568 g/mol. The fraction of sp³-hybridized carbons (Fsp3) is 0.517. The van der Waals surface area contributed by atoms with Gasteiger partial charge in [-0.25, -0.2) is 19.6 Å². The molecule has 0 saturated heterocycles. The summed E-state index contributed by atoms with van der Waals surface area (Å²) >= 11 is 0. The summed E-state index contributed by atoms with van der Waals surface area (Å²) in [6.45, 7) is 7.18. The van der Waals surface area contributed by atoms with Gasteiger partial charge in [0.15, 0.2) is 18.0 Å². The largest absolute Gasteiger partial charge is 0.438 e. The van der Waals surface area contributed by atoms with Crippen LogP contribution in [-0.4, -0.2) is 44.4 Å². The minimum Gasteiger partial charge on any atom is -0.438 e. The predicted molar refractivity (Wildman–Crippen MR) is 156 cm³/mol. The number of benzene rings is 1. The van der Waals surface area contributed by atoms with Gasteiger partial charge in [0, 0.05) is 56.8 Å². The molecule has 0 bridgehead atoms. The smallest absolute Gasteiger partial charge is 0.407 e. The summed E-state index contributed by atoms with van der Waals surface area (Å²) in [4.78, 5) is 33.1. The third-order valence-corrected chi connectivity index (χ3v) is 7.72. The fourth-order valence-corrected chi connectivity index (χ4v) is 5.72. The summed E-state index contributed by atoms with van der Waals surface area (Å²) in [7, 11) is 2.75. The van der Waals surface area contributed by atoms with Crippen LogP contribution in [0.15, 0.2) is 49.1 Å². The molecule has 11 heteroatoms. The van der Waals surface area contributed by atoms with E-state index >= 15 is 0 Å². The first-order valence-corrected chi connectivity index (χ1v) is 14.9. The van der Waals surface area contributed by atoms with Crippen LogP contribution < -0.4 is 10.6 Å². The average Bonchev–Trinajstić information content (AvgIpc) is 3.73. The van der Waals surface area contributed by atoms with Gasteiger partial charge in [-0.05, 0) is 43.7 Å². The summed E-state index contributed by atoms with van der Waals surface area (Å²) in [5.74, 6) is 1.81. The van der Waals surface area contributed by atoms with E-state index in [0.717, 1.165) is 50.2 Å². The van der Waals surface area contributed by atoms with E-state index < -0.39 is 12.2 Å². The highest BCUT2D eigenvalue weighted by Crippen LogP contribution is 2.39. The first kappa shape index (κ1) is 29.6. The van der Waals surface area contributed by atoms with Crippen molar-refractivity contribution in [3.05, 3.63) is 71.8 Å². The second-order valence-electron chi connectivity index (χ2n) is 9.94. The van der Waals surface area contributed by atoms with Crippen molar-refractivity contribution in [1.82, 2.24) is 29.7 Å². The van der Waals surface area contributed by atoms with Crippen molar-refractivity contribution in [1.29, 1.82) is 0 Å². The summed E-state index contributed by atoms with van der Waals surface area (Å²) in [5.41, 5.74) is 2.44. The maximum absolute atomic E-state index is 12.2. The Morgan fingerprint density at radius 3 is 2.02 bits per heavy atom. The van der Waals surface area contributed by atoms with E-state index in [1.54, 1.807) is 12.4 Å². The van der Waals surface area contributed by atoms with E-state index in [-0.39, 0.29) is 24.0 Å². The van der Waals surface area contributed by atoms with E-state index in [1.807, 2.05) is 30.8 Å². The number of imidazole rings is 2. The molecule has 0 spiro atoms. The van der Waals surface area contributed by atoms with Gasteiger partial charge < -0.3 is 29.2 Å². The zero-order valence-electron chi connectivity index (χ0n) is 23.6. The molecule has 40 heavy (non-hydrogen) atoms. The van der Waals surface area contributed by atoms with Crippen molar-refractivity contribution in [2.75, 3.05) is 13.1 Å². The molecule has 0 radical (unpaired) electrons. The van der Waals surface area contributed by atoms with Gasteiger partial charge in [-0.2, -0.15) is 0 Å². The number of carbonyl (C=O) groups is 2. The molecule has 2 amide bonds. The van der Waals surface area contributed by atoms with Crippen molar-refractivity contribution in [2.45, 2.75) is 83.3 Å². The number of hydrogen-bond donors (Lipinski definition) is 2. The van der Waals surface area contributed by atoms with Gasteiger partial charge >= 0.3 is 12.2 Å². The average molecular weight is 569 g/mol. The lowest BCUT2D eigenvalue weighted by Crippen LogP contribution is -2.27. The Labute approximate surface area is 238 Å². The van der Waals surface area contributed by atoms with Crippen LogP contribution >= 0.6 is 9.24 Å². The number of fused-ring (bicyclic) bond motifs is 2. The molecule has 2 aromatic heterocycles. The Morgan fingerprint density at radius 2 is 1.43 bits per heavy atom. The highest BCUT2D eigenvalue weighted by atomic mass is 31.0. The number of rotatable bonds is 10. The minimum absolute atomic E-state index is 0.203. The quantitative estimate of drug-likeness (QED) is 0.242. The highest BCUT2D eigenvalue weighted by Gasteiger charge is 2.33. The molecule has 2 N–H and O–H groups in total. The van der Waals surface area contributed by atoms with E-state index in [1.165, 1.54) is 11.1 Å². The number of nitrogens with one attached hydrogen (secondary N) is 2. The molecule has 2 unspecified atom stereocenters. The van der Waals surface area contributed by atoms with Gasteiger partial charge in [-0.3, -0.25) is 0 Å². The summed E-state index contributed by atoms with van der Waals surface area (Å²) in [6, 6.07) is 8.73. The highest BCUT2D eigenvalue weighted by molar-refractivity contribution is 7.16. The number of nitrogens with zero attached hydrogens (tertiary/aromatic N) is 4. The zero-order chi connectivity index (χ0) is 28.5. The Kier molecular flexibility index (Phi) is 10.6. The van der Waals surface area contributed by atoms with Gasteiger partial charge in [-0.15, -0.1) is 9.24 Å². The fourth-order valence-electron chi connectivity index (χ4n) is 5.22. The number of aryl methyl sites for hydroxylation is 2. The lowest BCUT2D eigenvalue weighted by Gasteiger charge is -2.12. The van der Waals surface area contributed by atoms with Crippen LogP contribution in [-0.2, 0) is 22.3 Å². The van der Waals surface area contributed by atoms with Crippen molar-refractivity contribution in [3.8, 4) is 0 Å². The van der Waals surface area contributed by atoms with Crippen LogP contribution in [0.25, 0.3) is 0 Å². The predicted octanol–water partition coefficient (Wildman–Crippen LogP) is 5.65. The molecule has 216 valence electrons. The number of aromatic nitrogens is 4. The van der Waals surface area contributed by atoms with Gasteiger partial charge in [0.1, 0.15) is 5.82 Å². The standard InChI is InChI=1S/C27H35N6O4P.C2H6/c1-18-15-21(24-28-11-13-32(18)24)36-26(34)30-9-3-7-19-5-2-6-20(16-19)8-4-10-31-27(35)37-22-17-23(38)33-14-12-29-25(22)33;1-2/h2,5-6,11-14,16,18,21-23H,3-4,7-10,15,17,38H2,1H3,(H,30,34)(H,31,35);1-2H3/t18-,21+,22?,23-;/m1./s1. The molecule has 3 aromatic rings. The Hall–Kier alpha value is -3.39. The minimum atomic E-state index is -0.406. The number of ether oxygens (including phenoxy) is 2. The third kappa shape index (κ3) is 7.42. The van der Waals surface area contributed by atoms with Crippen molar-refractivity contribution in [2.24, 2.45) is 0 Å². The molecule has 2 aliphatic heterocycles. The number of hydrogen-bond acceptors (Lipinski definition) is 6. The van der Waals surface area contributed by atoms with Gasteiger partial charge in [0.05, 0.1) is 5.78 Å². The van der Waals surface area contributed by atoms with Crippen molar-refractivity contribution < 1.29 is 19.1 Å². The first-order valence-electron chi connectivity index (χ1n) is 14.3. The maximum Gasteiger partial charge on any atom is 0.407 e. The van der Waals surface area contributed by atoms with Crippen LogP contribution in [0.2, 0.25) is 0 Å². The molecule has 0 aliphatic carbocycles. The lowest BCUT2D eigenvalue weighted by molar-refractivity contribution is 0.0938. The van der Waals surface area contributed by atoms with Crippen LogP contribution in [0, 0.1) is 0 Å². The summed E-state index contributed by atoms with van der Waals surface area (Å²) in [6.07, 6.45) is 10.7. The Balaban J connectivity index is 0.00000181. The van der Waals surface area contributed by atoms with Crippen molar-refractivity contribution in [3.63, 3.8) is 0 Å². The van der Waals surface area contributed by atoms with Gasteiger partial charge in [0.25, 0.3) is 0 Å². The second-order valence-corrected chi connectivity index (χ2v) is 10.7. The molecule has 0 fully saturated rings. The number of carbonyl (C=O) groups excluding carboxylic acids is 2. The molecule has 0 saturated carbocycles. The molecular formula is C29H41N6O4P. The zero-order valence-corrected chi connectivity index (χ0v) is 24.7. The maximum atomic E-state index is 12.2. The SMILES string of the molecule is CC.C[C@@H]1C[C@H](OC(=O)NCCCc2cccc(CCCNC(=O)OC3C[C@@H](P)n4ccnc43)c2)c2nccn21. The molecular weight excluding hydrogens is 527 g/mol. The third-order valence-electron chi connectivity index (χ3n) is 7.13. The normalized spacial score (nSPS) is 20.6. The number of amides is 2. The molecule has 10 nitrogen and oxygen atoms in total. The number of alkyl carbamates (subject to hydrolysis) is 2. The Morgan fingerprint density at radius 1 is 0.900 bits per heavy atom. The Bertz CT molecular complexity index is 1170. The molecule has 4 heterocycles. The molecule has 1 aromatic carbocycles. The van der Waals surface area contributed by atoms with E-state index in [0.29, 0.717) is 13.1 Å². The second kappa shape index (κ2) is 14.3. The van der Waals surface area contributed by atoms with E-state index in [2.05, 4.69) is 65.6 Å². The van der Waals surface area contributed by atoms with Crippen LogP contribution in [0.1, 0.15) is 93.3 Å². The van der Waals surface area contributed by atoms with Crippen LogP contribution in [0.4, 0.5) is 9.59 Å². The first-order chi connectivity index (χ1) is 19.5. The summed E-state index contributed by atoms with van der Waals surface area (Å²) in [5, 5.41) is 5.71. The van der Waals surface area contributed by atoms with E-state index in [9.17, 15) is 9.59 Å². The molecule has 2 aliphatic rings. The van der Waals surface area contributed by atoms with Gasteiger partial charge in [-0.1, -0.05) is 38.1 Å². The lowest BCUT2D eigenvalue weighted by atomic mass is 10.0. The van der Waals surface area contributed by atoms with Gasteiger partial charge in [0.2, 0.25) is 0 Å². The topological polar surface area (TPSA) is 112 Å². The summed E-state index contributed by atoms with van der Waals surface area (Å²) < 4.78 is 15.2. The molecule has 5 rings (SSSR count). The van der Waals surface area contributed by atoms with Crippen LogP contribution in [0.3, 0.4) is 0 Å². The van der Waals surface area contributed by atoms with Crippen molar-refractivity contribution >= 4 is 21.4 Å². The van der Waals surface area contributed by atoms with Crippen LogP contribution in [0.5, 0.6) is 0 Å².